The fraction of sp³-hybridized carbons (Fsp3) is 0.333. The Morgan fingerprint density at radius 3 is 2.57 bits per heavy atom. The number of nitrogens with one attached hydrogen (secondary N) is 1. The van der Waals surface area contributed by atoms with Crippen LogP contribution in [0.2, 0.25) is 0 Å². The number of benzene rings is 1. The number of H-pyrrole nitrogens is 1. The highest BCUT2D eigenvalue weighted by atomic mass is 16.1. The Balaban J connectivity index is 1.51. The highest BCUT2D eigenvalue weighted by molar-refractivity contribution is 5.70. The van der Waals surface area contributed by atoms with E-state index >= 15 is 0 Å². The van der Waals surface area contributed by atoms with Gasteiger partial charge in [0.2, 0.25) is 11.8 Å². The van der Waals surface area contributed by atoms with Crippen LogP contribution in [0.25, 0.3) is 28.5 Å². The fourth-order valence-corrected chi connectivity index (χ4v) is 4.42. The molecule has 1 N–H and O–H groups in total. The van der Waals surface area contributed by atoms with E-state index in [0.29, 0.717) is 18.3 Å². The van der Waals surface area contributed by atoms with E-state index in [1.165, 1.54) is 0 Å². The van der Waals surface area contributed by atoms with Gasteiger partial charge in [-0.3, -0.25) is 9.55 Å². The maximum Gasteiger partial charge on any atom is 0.335 e. The first kappa shape index (κ1) is 24.4. The van der Waals surface area contributed by atoms with Crippen molar-refractivity contribution in [1.82, 2.24) is 44.3 Å². The van der Waals surface area contributed by atoms with E-state index in [-0.39, 0.29) is 11.2 Å². The van der Waals surface area contributed by atoms with E-state index in [2.05, 4.69) is 58.3 Å². The lowest BCUT2D eigenvalue weighted by Crippen LogP contribution is -2.30. The van der Waals surface area contributed by atoms with Crippen molar-refractivity contribution in [3.8, 4) is 28.5 Å². The molecule has 0 bridgehead atoms. The van der Waals surface area contributed by atoms with Crippen molar-refractivity contribution in [3.05, 3.63) is 83.1 Å². The Morgan fingerprint density at radius 1 is 1.00 bits per heavy atom. The molecule has 37 heavy (non-hydrogen) atoms. The van der Waals surface area contributed by atoms with Gasteiger partial charge in [-0.25, -0.2) is 14.3 Å². The molecule has 0 saturated heterocycles. The van der Waals surface area contributed by atoms with Gasteiger partial charge in [-0.05, 0) is 68.2 Å². The van der Waals surface area contributed by atoms with Crippen LogP contribution in [0.4, 0.5) is 0 Å². The number of tetrazole rings is 1. The topological polar surface area (TPSA) is 112 Å². The Labute approximate surface area is 215 Å². The average molecular weight is 498 g/mol. The molecule has 0 amide bonds. The minimum Gasteiger partial charge on any atom is -0.311 e. The zero-order valence-corrected chi connectivity index (χ0v) is 21.6. The molecule has 4 aromatic heterocycles. The van der Waals surface area contributed by atoms with Gasteiger partial charge in [0.1, 0.15) is 0 Å². The predicted molar refractivity (Wildman–Crippen MR) is 141 cm³/mol. The summed E-state index contributed by atoms with van der Waals surface area (Å²) in [4.78, 5) is 22.8. The molecule has 0 aliphatic rings. The molecule has 0 unspecified atom stereocenters. The molecular weight excluding hydrogens is 466 g/mol. The number of aryl methyl sites for hydroxylation is 1. The van der Waals surface area contributed by atoms with Crippen LogP contribution in [-0.2, 0) is 18.5 Å². The van der Waals surface area contributed by atoms with Crippen molar-refractivity contribution < 1.29 is 0 Å². The average Bonchev–Trinajstić information content (AvgIpc) is 3.65. The summed E-state index contributed by atoms with van der Waals surface area (Å²) in [6.07, 6.45) is 10.2. The normalized spacial score (nSPS) is 11.8. The summed E-state index contributed by atoms with van der Waals surface area (Å²) < 4.78 is 5.51. The molecule has 0 atom stereocenters. The van der Waals surface area contributed by atoms with Crippen molar-refractivity contribution in [3.63, 3.8) is 0 Å². The van der Waals surface area contributed by atoms with Crippen LogP contribution in [0, 0.1) is 0 Å². The fourth-order valence-electron chi connectivity index (χ4n) is 4.42. The molecule has 0 aliphatic heterocycles. The monoisotopic (exact) mass is 497 g/mol. The highest BCUT2D eigenvalue weighted by Gasteiger charge is 2.21. The summed E-state index contributed by atoms with van der Waals surface area (Å²) in [7, 11) is 0. The van der Waals surface area contributed by atoms with E-state index in [4.69, 9.17) is 0 Å². The second kappa shape index (κ2) is 9.96. The van der Waals surface area contributed by atoms with Crippen molar-refractivity contribution in [1.29, 1.82) is 0 Å². The summed E-state index contributed by atoms with van der Waals surface area (Å²) >= 11 is 0. The number of pyridine rings is 1. The summed E-state index contributed by atoms with van der Waals surface area (Å²) in [5, 5.41) is 14.3. The van der Waals surface area contributed by atoms with E-state index in [1.54, 1.807) is 17.0 Å². The SMILES string of the molecule is CCCCc1cn(-c2nccn2C(C)(C)C)c(=O)n1Cc1cc(-c2cccc(-c3nn[nH]n3)c2)ccn1. The number of aromatic nitrogens is 9. The maximum atomic E-state index is 13.7. The van der Waals surface area contributed by atoms with E-state index in [0.717, 1.165) is 47.3 Å². The number of hydrogen-bond acceptors (Lipinski definition) is 6. The molecule has 5 rings (SSSR count). The van der Waals surface area contributed by atoms with Gasteiger partial charge >= 0.3 is 5.69 Å². The highest BCUT2D eigenvalue weighted by Crippen LogP contribution is 2.25. The molecule has 1 aromatic carbocycles. The Kier molecular flexibility index (Phi) is 6.56. The molecule has 0 radical (unpaired) electrons. The van der Waals surface area contributed by atoms with Gasteiger partial charge < -0.3 is 4.57 Å². The zero-order chi connectivity index (χ0) is 26.0. The molecule has 0 aliphatic carbocycles. The predicted octanol–water partition coefficient (Wildman–Crippen LogP) is 4.22. The molecule has 0 saturated carbocycles. The first-order valence-electron chi connectivity index (χ1n) is 12.5. The maximum absolute atomic E-state index is 13.7. The zero-order valence-electron chi connectivity index (χ0n) is 21.6. The smallest absolute Gasteiger partial charge is 0.311 e. The van der Waals surface area contributed by atoms with Crippen LogP contribution < -0.4 is 5.69 Å². The summed E-state index contributed by atoms with van der Waals surface area (Å²) in [6.45, 7) is 8.82. The van der Waals surface area contributed by atoms with Crippen molar-refractivity contribution in [2.24, 2.45) is 0 Å². The lowest BCUT2D eigenvalue weighted by atomic mass is 10.0. The lowest BCUT2D eigenvalue weighted by Gasteiger charge is -2.22. The minimum absolute atomic E-state index is 0.117. The number of nitrogens with zero attached hydrogens (tertiary/aromatic N) is 8. The van der Waals surface area contributed by atoms with Gasteiger partial charge in [0, 0.05) is 41.6 Å². The van der Waals surface area contributed by atoms with Crippen LogP contribution >= 0.6 is 0 Å². The van der Waals surface area contributed by atoms with Crippen LogP contribution in [0.1, 0.15) is 51.9 Å². The molecule has 10 nitrogen and oxygen atoms in total. The van der Waals surface area contributed by atoms with Crippen molar-refractivity contribution in [2.75, 3.05) is 0 Å². The number of imidazole rings is 2. The van der Waals surface area contributed by atoms with Crippen molar-refractivity contribution in [2.45, 2.75) is 59.0 Å². The van der Waals surface area contributed by atoms with Crippen LogP contribution in [-0.4, -0.2) is 44.3 Å². The summed E-state index contributed by atoms with van der Waals surface area (Å²) in [5.41, 5.74) is 4.34. The summed E-state index contributed by atoms with van der Waals surface area (Å²) in [5.74, 6) is 1.16. The van der Waals surface area contributed by atoms with Gasteiger partial charge in [-0.2, -0.15) is 5.21 Å². The van der Waals surface area contributed by atoms with E-state index in [9.17, 15) is 4.79 Å². The Morgan fingerprint density at radius 2 is 1.81 bits per heavy atom. The van der Waals surface area contributed by atoms with E-state index < -0.39 is 0 Å². The molecule has 4 heterocycles. The van der Waals surface area contributed by atoms with Crippen LogP contribution in [0.5, 0.6) is 0 Å². The van der Waals surface area contributed by atoms with Crippen LogP contribution in [0.3, 0.4) is 0 Å². The molecular formula is C27H31N9O. The largest absolute Gasteiger partial charge is 0.335 e. The van der Waals surface area contributed by atoms with Gasteiger partial charge in [0.25, 0.3) is 0 Å². The molecule has 0 fully saturated rings. The number of aromatic amines is 1. The minimum atomic E-state index is -0.205. The quantitative estimate of drug-likeness (QED) is 0.343. The molecule has 0 spiro atoms. The van der Waals surface area contributed by atoms with Gasteiger partial charge in [0.05, 0.1) is 12.2 Å². The van der Waals surface area contributed by atoms with Crippen molar-refractivity contribution >= 4 is 0 Å². The first-order valence-corrected chi connectivity index (χ1v) is 12.5. The Bertz CT molecular complexity index is 1550. The van der Waals surface area contributed by atoms with Gasteiger partial charge in [-0.15, -0.1) is 10.2 Å². The third-order valence-electron chi connectivity index (χ3n) is 6.34. The second-order valence-corrected chi connectivity index (χ2v) is 10.1. The third-order valence-corrected chi connectivity index (χ3v) is 6.34. The number of rotatable bonds is 8. The van der Waals surface area contributed by atoms with E-state index in [1.807, 2.05) is 57.9 Å². The van der Waals surface area contributed by atoms with Gasteiger partial charge in [-0.1, -0.05) is 31.5 Å². The molecule has 10 heteroatoms. The lowest BCUT2D eigenvalue weighted by molar-refractivity contribution is 0.390. The standard InChI is InChI=1S/C27H31N9O/c1-5-6-10-23-18-35(25-29-13-14-36(25)27(2,3)4)26(37)34(23)17-22-16-20(11-12-28-22)19-8-7-9-21(15-19)24-30-32-33-31-24/h7-9,11-16,18H,5-6,10,17H2,1-4H3,(H,30,31,32,33). The third kappa shape index (κ3) is 5.00. The second-order valence-electron chi connectivity index (χ2n) is 10.1. The number of hydrogen-bond donors (Lipinski definition) is 1. The summed E-state index contributed by atoms with van der Waals surface area (Å²) in [6, 6.07) is 12.0. The Hall–Kier alpha value is -4.34. The molecule has 190 valence electrons. The van der Waals surface area contributed by atoms with Crippen LogP contribution in [0.15, 0.2) is 66.0 Å². The molecule has 5 aromatic rings. The number of unbranched alkanes of at least 4 members (excludes halogenated alkanes) is 1. The first-order chi connectivity index (χ1) is 17.8. The van der Waals surface area contributed by atoms with Gasteiger partial charge in [0.15, 0.2) is 0 Å².